The largest absolute Gasteiger partial charge is 0.324 e. The van der Waals surface area contributed by atoms with Gasteiger partial charge in [-0.3, -0.25) is 4.90 Å². The van der Waals surface area contributed by atoms with Crippen LogP contribution in [0.15, 0.2) is 18.2 Å². The normalized spacial score (nSPS) is 22.4. The average Bonchev–Trinajstić information content (AvgIpc) is 3.33. The Labute approximate surface area is 124 Å². The van der Waals surface area contributed by atoms with Gasteiger partial charge in [-0.2, -0.15) is 0 Å². The number of benzene rings is 1. The lowest BCUT2D eigenvalue weighted by molar-refractivity contribution is 0.124. The van der Waals surface area contributed by atoms with E-state index in [2.05, 4.69) is 9.80 Å². The smallest absolute Gasteiger partial charge is 0.163 e. The van der Waals surface area contributed by atoms with E-state index in [9.17, 15) is 8.78 Å². The molecule has 1 aromatic carbocycles. The van der Waals surface area contributed by atoms with E-state index in [0.29, 0.717) is 6.42 Å². The summed E-state index contributed by atoms with van der Waals surface area (Å²) in [6, 6.07) is 4.61. The molecule has 1 aromatic rings. The van der Waals surface area contributed by atoms with Gasteiger partial charge in [-0.1, -0.05) is 12.1 Å². The predicted octanol–water partition coefficient (Wildman–Crippen LogP) is 2.13. The van der Waals surface area contributed by atoms with Crippen molar-refractivity contribution in [3.8, 4) is 0 Å². The molecule has 116 valence electrons. The Kier molecular flexibility index (Phi) is 4.52. The zero-order valence-corrected chi connectivity index (χ0v) is 12.3. The van der Waals surface area contributed by atoms with Gasteiger partial charge in [0.25, 0.3) is 0 Å². The van der Waals surface area contributed by atoms with Crippen LogP contribution in [0.25, 0.3) is 0 Å². The first kappa shape index (κ1) is 14.9. The van der Waals surface area contributed by atoms with Crippen LogP contribution in [-0.4, -0.2) is 48.6 Å². The molecule has 5 heteroatoms. The number of hydrogen-bond donors (Lipinski definition) is 1. The lowest BCUT2D eigenvalue weighted by Gasteiger charge is -2.35. The van der Waals surface area contributed by atoms with Crippen molar-refractivity contribution in [2.45, 2.75) is 31.3 Å². The first-order valence-electron chi connectivity index (χ1n) is 7.81. The van der Waals surface area contributed by atoms with Crippen LogP contribution in [-0.2, 0) is 0 Å². The molecule has 2 fully saturated rings. The van der Waals surface area contributed by atoms with E-state index in [1.54, 1.807) is 6.07 Å². The third-order valence-electron chi connectivity index (χ3n) is 4.61. The monoisotopic (exact) mass is 295 g/mol. The molecule has 2 N–H and O–H groups in total. The second kappa shape index (κ2) is 6.38. The first-order chi connectivity index (χ1) is 10.1. The Bertz CT molecular complexity index is 482. The van der Waals surface area contributed by atoms with Crippen LogP contribution >= 0.6 is 0 Å². The summed E-state index contributed by atoms with van der Waals surface area (Å²) in [4.78, 5) is 4.93. The van der Waals surface area contributed by atoms with Crippen LogP contribution < -0.4 is 5.73 Å². The molecule has 3 rings (SSSR count). The van der Waals surface area contributed by atoms with Crippen molar-refractivity contribution in [2.75, 3.05) is 32.7 Å². The lowest BCUT2D eigenvalue weighted by atomic mass is 10.0. The van der Waals surface area contributed by atoms with Gasteiger partial charge < -0.3 is 10.6 Å². The predicted molar refractivity (Wildman–Crippen MR) is 78.9 cm³/mol. The maximum atomic E-state index is 13.7. The van der Waals surface area contributed by atoms with Crippen LogP contribution in [0.4, 0.5) is 8.78 Å². The molecule has 1 saturated heterocycles. The van der Waals surface area contributed by atoms with Crippen LogP contribution in [0.1, 0.15) is 30.9 Å². The van der Waals surface area contributed by atoms with Crippen LogP contribution in [0.2, 0.25) is 0 Å². The fourth-order valence-corrected chi connectivity index (χ4v) is 3.08. The van der Waals surface area contributed by atoms with Gasteiger partial charge in [-0.25, -0.2) is 8.78 Å². The number of rotatable bonds is 5. The van der Waals surface area contributed by atoms with Crippen LogP contribution in [0.3, 0.4) is 0 Å². The van der Waals surface area contributed by atoms with E-state index in [-0.39, 0.29) is 5.56 Å². The molecule has 2 aliphatic rings. The second-order valence-corrected chi connectivity index (χ2v) is 6.15. The van der Waals surface area contributed by atoms with E-state index in [1.165, 1.54) is 18.9 Å². The van der Waals surface area contributed by atoms with Crippen LogP contribution in [0.5, 0.6) is 0 Å². The van der Waals surface area contributed by atoms with E-state index in [4.69, 9.17) is 5.73 Å². The van der Waals surface area contributed by atoms with Crippen molar-refractivity contribution in [1.82, 2.24) is 9.80 Å². The fraction of sp³-hybridized carbons (Fsp3) is 0.625. The Balaban J connectivity index is 1.47. The molecule has 1 aliphatic heterocycles. The lowest BCUT2D eigenvalue weighted by Crippen LogP contribution is -2.47. The quantitative estimate of drug-likeness (QED) is 0.903. The summed E-state index contributed by atoms with van der Waals surface area (Å²) >= 11 is 0. The number of hydrogen-bond acceptors (Lipinski definition) is 3. The minimum Gasteiger partial charge on any atom is -0.324 e. The topological polar surface area (TPSA) is 32.5 Å². The summed E-state index contributed by atoms with van der Waals surface area (Å²) in [5.41, 5.74) is 6.31. The summed E-state index contributed by atoms with van der Waals surface area (Å²) < 4.78 is 26.9. The Morgan fingerprint density at radius 2 is 1.86 bits per heavy atom. The number of nitrogens with zero attached hydrogens (tertiary/aromatic N) is 2. The van der Waals surface area contributed by atoms with Crippen molar-refractivity contribution >= 4 is 0 Å². The summed E-state index contributed by atoms with van der Waals surface area (Å²) in [6.07, 6.45) is 3.36. The minimum absolute atomic E-state index is 0.284. The molecule has 1 aliphatic carbocycles. The van der Waals surface area contributed by atoms with Gasteiger partial charge in [0, 0.05) is 50.4 Å². The van der Waals surface area contributed by atoms with E-state index in [0.717, 1.165) is 44.8 Å². The molecule has 21 heavy (non-hydrogen) atoms. The highest BCUT2D eigenvalue weighted by molar-refractivity contribution is 5.22. The van der Waals surface area contributed by atoms with Gasteiger partial charge >= 0.3 is 0 Å². The van der Waals surface area contributed by atoms with Crippen molar-refractivity contribution in [3.05, 3.63) is 35.4 Å². The number of nitrogens with two attached hydrogens (primary N) is 1. The molecule has 1 heterocycles. The van der Waals surface area contributed by atoms with E-state index >= 15 is 0 Å². The van der Waals surface area contributed by atoms with Gasteiger partial charge in [0.2, 0.25) is 0 Å². The zero-order chi connectivity index (χ0) is 14.8. The van der Waals surface area contributed by atoms with Crippen molar-refractivity contribution in [3.63, 3.8) is 0 Å². The summed E-state index contributed by atoms with van der Waals surface area (Å²) in [6.45, 7) is 5.18. The molecule has 0 aromatic heterocycles. The maximum Gasteiger partial charge on any atom is 0.163 e. The van der Waals surface area contributed by atoms with E-state index < -0.39 is 17.7 Å². The van der Waals surface area contributed by atoms with Crippen molar-refractivity contribution < 1.29 is 8.78 Å². The van der Waals surface area contributed by atoms with Gasteiger partial charge in [0.15, 0.2) is 11.6 Å². The fourth-order valence-electron chi connectivity index (χ4n) is 3.08. The standard InChI is InChI=1S/C16H23F2N3/c17-14-3-1-2-13(16(14)18)15(19)6-7-20-8-10-21(11-9-20)12-4-5-12/h1-3,12,15H,4-11,19H2. The van der Waals surface area contributed by atoms with Crippen molar-refractivity contribution in [1.29, 1.82) is 0 Å². The number of halogens is 2. The molecule has 1 unspecified atom stereocenters. The summed E-state index contributed by atoms with van der Waals surface area (Å²) in [5, 5.41) is 0. The molecule has 1 atom stereocenters. The molecular weight excluding hydrogens is 272 g/mol. The second-order valence-electron chi connectivity index (χ2n) is 6.15. The SMILES string of the molecule is NC(CCN1CCN(C2CC2)CC1)c1cccc(F)c1F. The zero-order valence-electron chi connectivity index (χ0n) is 12.3. The highest BCUT2D eigenvalue weighted by atomic mass is 19.2. The molecule has 1 saturated carbocycles. The minimum atomic E-state index is -0.819. The Morgan fingerprint density at radius 3 is 2.52 bits per heavy atom. The molecule has 0 amide bonds. The van der Waals surface area contributed by atoms with Gasteiger partial charge in [-0.15, -0.1) is 0 Å². The maximum absolute atomic E-state index is 13.7. The van der Waals surface area contributed by atoms with Gasteiger partial charge in [0.1, 0.15) is 0 Å². The molecule has 3 nitrogen and oxygen atoms in total. The molecule has 0 bridgehead atoms. The molecule has 0 radical (unpaired) electrons. The third kappa shape index (κ3) is 3.59. The van der Waals surface area contributed by atoms with E-state index in [1.807, 2.05) is 0 Å². The summed E-state index contributed by atoms with van der Waals surface area (Å²) in [5.74, 6) is -1.62. The highest BCUT2D eigenvalue weighted by Crippen LogP contribution is 2.27. The van der Waals surface area contributed by atoms with Crippen molar-refractivity contribution in [2.24, 2.45) is 5.73 Å². The van der Waals surface area contributed by atoms with Gasteiger partial charge in [0.05, 0.1) is 0 Å². The number of piperazine rings is 1. The summed E-state index contributed by atoms with van der Waals surface area (Å²) in [7, 11) is 0. The molecule has 0 spiro atoms. The third-order valence-corrected chi connectivity index (χ3v) is 4.61. The van der Waals surface area contributed by atoms with Gasteiger partial charge in [-0.05, 0) is 25.3 Å². The Hall–Kier alpha value is -1.04. The van der Waals surface area contributed by atoms with Crippen LogP contribution in [0, 0.1) is 11.6 Å². The Morgan fingerprint density at radius 1 is 1.14 bits per heavy atom. The highest BCUT2D eigenvalue weighted by Gasteiger charge is 2.31. The average molecular weight is 295 g/mol. The first-order valence-corrected chi connectivity index (χ1v) is 7.81. The molecular formula is C16H23F2N3.